The van der Waals surface area contributed by atoms with Crippen LogP contribution in [0.15, 0.2) is 30.3 Å². The highest BCUT2D eigenvalue weighted by molar-refractivity contribution is 5.72. The minimum atomic E-state index is 0.604. The van der Waals surface area contributed by atoms with Crippen molar-refractivity contribution in [1.82, 2.24) is 9.97 Å². The lowest BCUT2D eigenvalue weighted by atomic mass is 10.1. The summed E-state index contributed by atoms with van der Waals surface area (Å²) in [7, 11) is 0. The van der Waals surface area contributed by atoms with E-state index in [1.54, 1.807) is 6.07 Å². The predicted molar refractivity (Wildman–Crippen MR) is 62.4 cm³/mol. The Kier molecular flexibility index (Phi) is 2.83. The molecule has 16 heavy (non-hydrogen) atoms. The van der Waals surface area contributed by atoms with Gasteiger partial charge in [0.25, 0.3) is 0 Å². The second kappa shape index (κ2) is 4.28. The van der Waals surface area contributed by atoms with Crippen LogP contribution in [0.4, 0.5) is 5.69 Å². The number of hydrogen-bond acceptors (Lipinski definition) is 4. The molecule has 0 unspecified atom stereocenters. The van der Waals surface area contributed by atoms with Crippen LogP contribution in [0, 0.1) is 13.8 Å². The molecule has 0 radical (unpaired) electrons. The third kappa shape index (κ3) is 2.01. The van der Waals surface area contributed by atoms with Crippen LogP contribution < -0.4 is 5.48 Å². The number of benzene rings is 1. The van der Waals surface area contributed by atoms with Crippen molar-refractivity contribution in [3.63, 3.8) is 0 Å². The second-order valence-corrected chi connectivity index (χ2v) is 3.63. The molecule has 4 heteroatoms. The fourth-order valence-electron chi connectivity index (χ4n) is 1.62. The van der Waals surface area contributed by atoms with Crippen LogP contribution in [0.2, 0.25) is 0 Å². The van der Waals surface area contributed by atoms with E-state index in [-0.39, 0.29) is 0 Å². The number of anilines is 1. The van der Waals surface area contributed by atoms with Crippen molar-refractivity contribution in [3.8, 4) is 11.4 Å². The zero-order valence-electron chi connectivity index (χ0n) is 9.23. The largest absolute Gasteiger partial charge is 0.291 e. The lowest BCUT2D eigenvalue weighted by Crippen LogP contribution is -1.98. The summed E-state index contributed by atoms with van der Waals surface area (Å²) in [5.41, 5.74) is 5.37. The Bertz CT molecular complexity index is 491. The van der Waals surface area contributed by atoms with Crippen LogP contribution in [0.25, 0.3) is 11.4 Å². The molecule has 0 saturated carbocycles. The van der Waals surface area contributed by atoms with E-state index in [4.69, 9.17) is 5.21 Å². The van der Waals surface area contributed by atoms with Crippen LogP contribution in [-0.4, -0.2) is 15.2 Å². The maximum Gasteiger partial charge on any atom is 0.161 e. The molecule has 0 aliphatic rings. The molecule has 82 valence electrons. The molecule has 0 bridgehead atoms. The number of nitrogens with one attached hydrogen (secondary N) is 1. The van der Waals surface area contributed by atoms with Crippen molar-refractivity contribution in [2.24, 2.45) is 0 Å². The Balaban J connectivity index is 2.58. The Morgan fingerprint density at radius 3 is 2.31 bits per heavy atom. The molecule has 2 N–H and O–H groups in total. The standard InChI is InChI=1S/C12H13N3O/c1-8-7-9(2)14-12(13-8)10-5-3-4-6-11(10)15-16/h3-7,15-16H,1-2H3. The van der Waals surface area contributed by atoms with Crippen molar-refractivity contribution in [2.75, 3.05) is 5.48 Å². The molecule has 1 aromatic heterocycles. The van der Waals surface area contributed by atoms with Gasteiger partial charge in [-0.05, 0) is 32.0 Å². The van der Waals surface area contributed by atoms with Gasteiger partial charge in [0.15, 0.2) is 5.82 Å². The zero-order valence-corrected chi connectivity index (χ0v) is 9.23. The maximum absolute atomic E-state index is 9.01. The number of aryl methyl sites for hydroxylation is 2. The van der Waals surface area contributed by atoms with Gasteiger partial charge in [-0.25, -0.2) is 9.97 Å². The van der Waals surface area contributed by atoms with Crippen LogP contribution in [-0.2, 0) is 0 Å². The smallest absolute Gasteiger partial charge is 0.161 e. The molecule has 1 heterocycles. The average molecular weight is 215 g/mol. The quantitative estimate of drug-likeness (QED) is 0.756. The summed E-state index contributed by atoms with van der Waals surface area (Å²) in [6, 6.07) is 9.28. The minimum Gasteiger partial charge on any atom is -0.291 e. The van der Waals surface area contributed by atoms with Gasteiger partial charge in [-0.2, -0.15) is 0 Å². The van der Waals surface area contributed by atoms with Gasteiger partial charge in [0.2, 0.25) is 0 Å². The summed E-state index contributed by atoms with van der Waals surface area (Å²) in [6.07, 6.45) is 0. The van der Waals surface area contributed by atoms with E-state index in [9.17, 15) is 0 Å². The van der Waals surface area contributed by atoms with Crippen LogP contribution >= 0.6 is 0 Å². The van der Waals surface area contributed by atoms with Crippen LogP contribution in [0.3, 0.4) is 0 Å². The normalized spacial score (nSPS) is 10.2. The molecule has 0 aliphatic heterocycles. The third-order valence-electron chi connectivity index (χ3n) is 2.27. The van der Waals surface area contributed by atoms with Gasteiger partial charge in [0, 0.05) is 17.0 Å². The Labute approximate surface area is 94.0 Å². The fourth-order valence-corrected chi connectivity index (χ4v) is 1.62. The van der Waals surface area contributed by atoms with Crippen LogP contribution in [0.1, 0.15) is 11.4 Å². The van der Waals surface area contributed by atoms with Crippen molar-refractivity contribution >= 4 is 5.69 Å². The van der Waals surface area contributed by atoms with E-state index in [0.717, 1.165) is 17.0 Å². The first kappa shape index (κ1) is 10.6. The third-order valence-corrected chi connectivity index (χ3v) is 2.27. The second-order valence-electron chi connectivity index (χ2n) is 3.63. The summed E-state index contributed by atoms with van der Waals surface area (Å²) in [4.78, 5) is 8.70. The van der Waals surface area contributed by atoms with Crippen molar-refractivity contribution in [1.29, 1.82) is 0 Å². The van der Waals surface area contributed by atoms with E-state index >= 15 is 0 Å². The number of nitrogens with zero attached hydrogens (tertiary/aromatic N) is 2. The molecule has 4 nitrogen and oxygen atoms in total. The Morgan fingerprint density at radius 1 is 1.06 bits per heavy atom. The summed E-state index contributed by atoms with van der Waals surface area (Å²) in [5.74, 6) is 0.620. The molecule has 1 aromatic carbocycles. The molecule has 0 amide bonds. The lowest BCUT2D eigenvalue weighted by Gasteiger charge is -2.07. The molecule has 2 aromatic rings. The number of para-hydroxylation sites is 1. The molecule has 0 fully saturated rings. The Morgan fingerprint density at radius 2 is 1.69 bits per heavy atom. The summed E-state index contributed by atoms with van der Waals surface area (Å²) in [6.45, 7) is 3.85. The minimum absolute atomic E-state index is 0.604. The van der Waals surface area contributed by atoms with Gasteiger partial charge in [-0.3, -0.25) is 10.7 Å². The molecule has 0 atom stereocenters. The van der Waals surface area contributed by atoms with E-state index in [0.29, 0.717) is 11.5 Å². The number of hydrogen-bond donors (Lipinski definition) is 2. The molecule has 0 saturated heterocycles. The summed E-state index contributed by atoms with van der Waals surface area (Å²) in [5, 5.41) is 9.01. The first-order valence-electron chi connectivity index (χ1n) is 5.02. The summed E-state index contributed by atoms with van der Waals surface area (Å²) >= 11 is 0. The lowest BCUT2D eigenvalue weighted by molar-refractivity contribution is 0.389. The van der Waals surface area contributed by atoms with E-state index in [1.807, 2.05) is 38.1 Å². The van der Waals surface area contributed by atoms with Gasteiger partial charge in [0.05, 0.1) is 5.69 Å². The molecule has 2 rings (SSSR count). The van der Waals surface area contributed by atoms with Crippen LogP contribution in [0.5, 0.6) is 0 Å². The maximum atomic E-state index is 9.01. The fraction of sp³-hybridized carbons (Fsp3) is 0.167. The average Bonchev–Trinajstić information content (AvgIpc) is 2.27. The van der Waals surface area contributed by atoms with Gasteiger partial charge in [0.1, 0.15) is 0 Å². The van der Waals surface area contributed by atoms with Crippen molar-refractivity contribution in [2.45, 2.75) is 13.8 Å². The van der Waals surface area contributed by atoms with Gasteiger partial charge in [-0.15, -0.1) is 0 Å². The zero-order chi connectivity index (χ0) is 11.5. The van der Waals surface area contributed by atoms with Gasteiger partial charge in [-0.1, -0.05) is 12.1 Å². The van der Waals surface area contributed by atoms with Crippen molar-refractivity contribution < 1.29 is 5.21 Å². The number of aromatic nitrogens is 2. The molecule has 0 aliphatic carbocycles. The van der Waals surface area contributed by atoms with Gasteiger partial charge < -0.3 is 0 Å². The topological polar surface area (TPSA) is 58.0 Å². The van der Waals surface area contributed by atoms with E-state index < -0.39 is 0 Å². The monoisotopic (exact) mass is 215 g/mol. The van der Waals surface area contributed by atoms with Crippen molar-refractivity contribution in [3.05, 3.63) is 41.7 Å². The number of rotatable bonds is 2. The highest BCUT2D eigenvalue weighted by Gasteiger charge is 2.07. The highest BCUT2D eigenvalue weighted by atomic mass is 16.5. The van der Waals surface area contributed by atoms with Gasteiger partial charge >= 0.3 is 0 Å². The molecule has 0 spiro atoms. The predicted octanol–water partition coefficient (Wildman–Crippen LogP) is 2.56. The van der Waals surface area contributed by atoms with E-state index in [1.165, 1.54) is 0 Å². The molecular weight excluding hydrogens is 202 g/mol. The highest BCUT2D eigenvalue weighted by Crippen LogP contribution is 2.24. The first-order valence-corrected chi connectivity index (χ1v) is 5.02. The summed E-state index contributed by atoms with van der Waals surface area (Å²) < 4.78 is 0. The van der Waals surface area contributed by atoms with E-state index in [2.05, 4.69) is 15.4 Å². The first-order chi connectivity index (χ1) is 7.70. The molecular formula is C12H13N3O. The Hall–Kier alpha value is -1.94. The SMILES string of the molecule is Cc1cc(C)nc(-c2ccccc2NO)n1.